The van der Waals surface area contributed by atoms with Gasteiger partial charge in [0.25, 0.3) is 0 Å². The number of amides is 1. The van der Waals surface area contributed by atoms with Crippen molar-refractivity contribution in [3.05, 3.63) is 0 Å². The Morgan fingerprint density at radius 2 is 2.11 bits per heavy atom. The van der Waals surface area contributed by atoms with E-state index in [1.165, 1.54) is 25.7 Å². The molecule has 0 bridgehead atoms. The van der Waals surface area contributed by atoms with E-state index in [4.69, 9.17) is 4.74 Å². The molecule has 2 rings (SSSR count). The normalized spacial score (nSPS) is 24.6. The van der Waals surface area contributed by atoms with Gasteiger partial charge in [-0.15, -0.1) is 12.4 Å². The molecule has 2 aliphatic rings. The predicted molar refractivity (Wildman–Crippen MR) is 74.1 cm³/mol. The predicted octanol–water partition coefficient (Wildman–Crippen LogP) is 1.48. The van der Waals surface area contributed by atoms with Gasteiger partial charge in [-0.2, -0.15) is 0 Å². The SMILES string of the molecule is Cl.O=C(CC1COCCN1)NCCC1CCCC1. The first-order valence-corrected chi connectivity index (χ1v) is 6.92. The Bertz CT molecular complexity index is 239. The topological polar surface area (TPSA) is 50.4 Å². The van der Waals surface area contributed by atoms with Gasteiger partial charge in [-0.25, -0.2) is 0 Å². The number of nitrogens with one attached hydrogen (secondary N) is 2. The zero-order valence-electron chi connectivity index (χ0n) is 11.0. The maximum atomic E-state index is 11.7. The highest BCUT2D eigenvalue weighted by Crippen LogP contribution is 2.26. The summed E-state index contributed by atoms with van der Waals surface area (Å²) in [4.78, 5) is 11.7. The molecule has 1 amide bonds. The highest BCUT2D eigenvalue weighted by atomic mass is 35.5. The van der Waals surface area contributed by atoms with Gasteiger partial charge in [0.1, 0.15) is 0 Å². The van der Waals surface area contributed by atoms with Gasteiger partial charge in [-0.3, -0.25) is 4.79 Å². The lowest BCUT2D eigenvalue weighted by atomic mass is 10.0. The molecule has 18 heavy (non-hydrogen) atoms. The monoisotopic (exact) mass is 276 g/mol. The zero-order valence-corrected chi connectivity index (χ0v) is 11.8. The van der Waals surface area contributed by atoms with E-state index in [9.17, 15) is 4.79 Å². The highest BCUT2D eigenvalue weighted by molar-refractivity contribution is 5.85. The highest BCUT2D eigenvalue weighted by Gasteiger charge is 2.18. The minimum atomic E-state index is 0. The molecule has 0 aromatic carbocycles. The van der Waals surface area contributed by atoms with Crippen LogP contribution < -0.4 is 10.6 Å². The third-order valence-electron chi connectivity index (χ3n) is 3.78. The number of ether oxygens (including phenoxy) is 1. The van der Waals surface area contributed by atoms with E-state index < -0.39 is 0 Å². The van der Waals surface area contributed by atoms with E-state index in [0.717, 1.165) is 32.0 Å². The van der Waals surface area contributed by atoms with Gasteiger partial charge in [0.05, 0.1) is 13.2 Å². The maximum Gasteiger partial charge on any atom is 0.221 e. The van der Waals surface area contributed by atoms with E-state index >= 15 is 0 Å². The molecule has 0 aromatic heterocycles. The Hall–Kier alpha value is -0.320. The van der Waals surface area contributed by atoms with E-state index in [0.29, 0.717) is 13.0 Å². The molecule has 1 atom stereocenters. The summed E-state index contributed by atoms with van der Waals surface area (Å²) in [6.45, 7) is 3.13. The van der Waals surface area contributed by atoms with Crippen molar-refractivity contribution in [1.29, 1.82) is 0 Å². The Morgan fingerprint density at radius 3 is 2.78 bits per heavy atom. The van der Waals surface area contributed by atoms with E-state index in [-0.39, 0.29) is 24.4 Å². The first-order chi connectivity index (χ1) is 8.34. The average Bonchev–Trinajstić information content (AvgIpc) is 2.83. The molecule has 5 heteroatoms. The van der Waals surface area contributed by atoms with Crippen LogP contribution in [0, 0.1) is 5.92 Å². The van der Waals surface area contributed by atoms with Crippen LogP contribution in [0.5, 0.6) is 0 Å². The summed E-state index contributed by atoms with van der Waals surface area (Å²) in [6.07, 6.45) is 7.16. The van der Waals surface area contributed by atoms with Crippen LogP contribution >= 0.6 is 12.4 Å². The van der Waals surface area contributed by atoms with E-state index in [1.54, 1.807) is 0 Å². The zero-order chi connectivity index (χ0) is 11.9. The summed E-state index contributed by atoms with van der Waals surface area (Å²) in [7, 11) is 0. The molecule has 0 radical (unpaired) electrons. The Labute approximate surface area is 116 Å². The molecule has 2 N–H and O–H groups in total. The fourth-order valence-electron chi connectivity index (χ4n) is 2.76. The molecular weight excluding hydrogens is 252 g/mol. The van der Waals surface area contributed by atoms with Gasteiger partial charge >= 0.3 is 0 Å². The molecular formula is C13H25ClN2O2. The van der Waals surface area contributed by atoms with Gasteiger partial charge in [0, 0.05) is 25.6 Å². The lowest BCUT2D eigenvalue weighted by Gasteiger charge is -2.23. The molecule has 1 saturated heterocycles. The van der Waals surface area contributed by atoms with Gasteiger partial charge in [-0.05, 0) is 12.3 Å². The first-order valence-electron chi connectivity index (χ1n) is 6.92. The van der Waals surface area contributed by atoms with Crippen molar-refractivity contribution in [3.8, 4) is 0 Å². The van der Waals surface area contributed by atoms with Crippen LogP contribution in [0.3, 0.4) is 0 Å². The summed E-state index contributed by atoms with van der Waals surface area (Å²) < 4.78 is 5.33. The minimum absolute atomic E-state index is 0. The fourth-order valence-corrected chi connectivity index (χ4v) is 2.76. The van der Waals surface area contributed by atoms with Crippen molar-refractivity contribution in [1.82, 2.24) is 10.6 Å². The van der Waals surface area contributed by atoms with Crippen molar-refractivity contribution in [2.45, 2.75) is 44.6 Å². The standard InChI is InChI=1S/C13H24N2O2.ClH/c16-13(9-12-10-17-8-7-14-12)15-6-5-11-3-1-2-4-11;/h11-12,14H,1-10H2,(H,15,16);1H. The Kier molecular flexibility index (Phi) is 7.63. The molecule has 1 saturated carbocycles. The van der Waals surface area contributed by atoms with Crippen molar-refractivity contribution in [3.63, 3.8) is 0 Å². The minimum Gasteiger partial charge on any atom is -0.378 e. The van der Waals surface area contributed by atoms with Crippen LogP contribution in [0.2, 0.25) is 0 Å². The van der Waals surface area contributed by atoms with Crippen LogP contribution in [0.25, 0.3) is 0 Å². The third kappa shape index (κ3) is 5.55. The number of carbonyl (C=O) groups is 1. The smallest absolute Gasteiger partial charge is 0.221 e. The molecule has 4 nitrogen and oxygen atoms in total. The molecule has 1 aliphatic carbocycles. The van der Waals surface area contributed by atoms with Crippen LogP contribution in [-0.4, -0.2) is 38.3 Å². The summed E-state index contributed by atoms with van der Waals surface area (Å²) in [6, 6.07) is 0.204. The van der Waals surface area contributed by atoms with E-state index in [2.05, 4.69) is 10.6 Å². The fraction of sp³-hybridized carbons (Fsp3) is 0.923. The molecule has 0 spiro atoms. The van der Waals surface area contributed by atoms with Crippen LogP contribution in [0.1, 0.15) is 38.5 Å². The van der Waals surface area contributed by atoms with Crippen molar-refractivity contribution in [2.24, 2.45) is 5.92 Å². The van der Waals surface area contributed by atoms with Crippen molar-refractivity contribution in [2.75, 3.05) is 26.3 Å². The average molecular weight is 277 g/mol. The lowest BCUT2D eigenvalue weighted by Crippen LogP contribution is -2.44. The Morgan fingerprint density at radius 1 is 1.33 bits per heavy atom. The third-order valence-corrected chi connectivity index (χ3v) is 3.78. The van der Waals surface area contributed by atoms with E-state index in [1.807, 2.05) is 0 Å². The first kappa shape index (κ1) is 15.7. The van der Waals surface area contributed by atoms with Crippen LogP contribution in [0.15, 0.2) is 0 Å². The molecule has 1 unspecified atom stereocenters. The quantitative estimate of drug-likeness (QED) is 0.800. The second-order valence-electron chi connectivity index (χ2n) is 5.22. The number of halogens is 1. The lowest BCUT2D eigenvalue weighted by molar-refractivity contribution is -0.122. The van der Waals surface area contributed by atoms with Crippen molar-refractivity contribution < 1.29 is 9.53 Å². The molecule has 0 aromatic rings. The van der Waals surface area contributed by atoms with Crippen LogP contribution in [0.4, 0.5) is 0 Å². The van der Waals surface area contributed by atoms with Gasteiger partial charge in [0.2, 0.25) is 5.91 Å². The summed E-state index contributed by atoms with van der Waals surface area (Å²) in [5.74, 6) is 1.01. The number of carbonyl (C=O) groups excluding carboxylic acids is 1. The van der Waals surface area contributed by atoms with Gasteiger partial charge < -0.3 is 15.4 Å². The van der Waals surface area contributed by atoms with Gasteiger partial charge in [0.15, 0.2) is 0 Å². The van der Waals surface area contributed by atoms with Crippen molar-refractivity contribution >= 4 is 18.3 Å². The second-order valence-corrected chi connectivity index (χ2v) is 5.22. The Balaban J connectivity index is 0.00000162. The number of rotatable bonds is 5. The molecule has 1 heterocycles. The second kappa shape index (κ2) is 8.73. The molecule has 2 fully saturated rings. The molecule has 1 aliphatic heterocycles. The van der Waals surface area contributed by atoms with Crippen LogP contribution in [-0.2, 0) is 9.53 Å². The summed E-state index contributed by atoms with van der Waals surface area (Å²) >= 11 is 0. The number of hydrogen-bond acceptors (Lipinski definition) is 3. The van der Waals surface area contributed by atoms with Gasteiger partial charge in [-0.1, -0.05) is 25.7 Å². The number of morpholine rings is 1. The largest absolute Gasteiger partial charge is 0.378 e. The molecule has 106 valence electrons. The summed E-state index contributed by atoms with van der Waals surface area (Å²) in [5.41, 5.74) is 0. The number of hydrogen-bond donors (Lipinski definition) is 2. The summed E-state index contributed by atoms with van der Waals surface area (Å²) in [5, 5.41) is 6.32. The maximum absolute atomic E-state index is 11.7.